The summed E-state index contributed by atoms with van der Waals surface area (Å²) in [4.78, 5) is 10.5. The van der Waals surface area contributed by atoms with E-state index in [0.717, 1.165) is 5.57 Å². The first-order valence-corrected chi connectivity index (χ1v) is 3.97. The number of hydrogen-bond acceptors (Lipinski definition) is 3. The predicted molar refractivity (Wildman–Crippen MR) is 50.0 cm³/mol. The number of hydrogen-bond donors (Lipinski definition) is 0. The quantitative estimate of drug-likeness (QED) is 0.216. The van der Waals surface area contributed by atoms with Gasteiger partial charge in [-0.2, -0.15) is 0 Å². The third kappa shape index (κ3) is 7.10. The Balaban J connectivity index is 3.54. The van der Waals surface area contributed by atoms with E-state index in [1.54, 1.807) is 0 Å². The third-order valence-corrected chi connectivity index (χ3v) is 1.37. The molecule has 0 fully saturated rings. The molecule has 3 heteroatoms. The van der Waals surface area contributed by atoms with Crippen molar-refractivity contribution in [3.05, 3.63) is 11.6 Å². The molecule has 0 N–H and O–H groups in total. The fourth-order valence-electron chi connectivity index (χ4n) is 0.506. The van der Waals surface area contributed by atoms with Gasteiger partial charge in [0.2, 0.25) is 0 Å². The van der Waals surface area contributed by atoms with Crippen LogP contribution in [0, 0.1) is 11.8 Å². The molecule has 0 radical (unpaired) electrons. The van der Waals surface area contributed by atoms with Gasteiger partial charge in [-0.15, -0.1) is 0 Å². The molecule has 0 aliphatic carbocycles. The van der Waals surface area contributed by atoms with Gasteiger partial charge in [-0.25, -0.2) is 4.79 Å². The lowest BCUT2D eigenvalue weighted by atomic mass is 10.3. The summed E-state index contributed by atoms with van der Waals surface area (Å²) in [5, 5.41) is 0. The van der Waals surface area contributed by atoms with Crippen molar-refractivity contribution in [2.45, 2.75) is 13.8 Å². The van der Waals surface area contributed by atoms with Crippen molar-refractivity contribution in [2.24, 2.45) is 0 Å². The van der Waals surface area contributed by atoms with Crippen LogP contribution < -0.4 is 0 Å². The van der Waals surface area contributed by atoms with Gasteiger partial charge in [-0.3, -0.25) is 0 Å². The van der Waals surface area contributed by atoms with Gasteiger partial charge in [0.1, 0.15) is 6.61 Å². The van der Waals surface area contributed by atoms with Gasteiger partial charge in [-0.05, 0) is 13.8 Å². The van der Waals surface area contributed by atoms with Crippen molar-refractivity contribution in [1.29, 1.82) is 0 Å². The second-order valence-electron chi connectivity index (χ2n) is 2.42. The smallest absolute Gasteiger partial charge is 0.384 e. The Labute approximate surface area is 78.7 Å². The standard InChI is InChI=1S/C10H14O3/c1-4-9(2)8-13-7-5-6-10(11)12-3/h4H,7-8H2,1-3H3. The zero-order valence-electron chi connectivity index (χ0n) is 8.22. The van der Waals surface area contributed by atoms with Crippen LogP contribution in [0.3, 0.4) is 0 Å². The lowest BCUT2D eigenvalue weighted by Gasteiger charge is -1.97. The summed E-state index contributed by atoms with van der Waals surface area (Å²) in [7, 11) is 1.29. The molecule has 0 aromatic carbocycles. The van der Waals surface area contributed by atoms with Crippen molar-refractivity contribution >= 4 is 5.97 Å². The summed E-state index contributed by atoms with van der Waals surface area (Å²) < 4.78 is 9.45. The molecule has 0 rings (SSSR count). The largest absolute Gasteiger partial charge is 0.459 e. The highest BCUT2D eigenvalue weighted by Crippen LogP contribution is 1.91. The highest BCUT2D eigenvalue weighted by molar-refractivity contribution is 5.88. The Bertz CT molecular complexity index is 243. The number of ether oxygens (including phenoxy) is 2. The van der Waals surface area contributed by atoms with Crippen LogP contribution in [0.25, 0.3) is 0 Å². The van der Waals surface area contributed by atoms with Gasteiger partial charge in [0, 0.05) is 5.92 Å². The van der Waals surface area contributed by atoms with Crippen LogP contribution in [-0.2, 0) is 14.3 Å². The van der Waals surface area contributed by atoms with Crippen molar-refractivity contribution in [3.8, 4) is 11.8 Å². The summed E-state index contributed by atoms with van der Waals surface area (Å²) in [5.74, 6) is 4.27. The molecule has 0 aliphatic rings. The molecule has 0 atom stereocenters. The second-order valence-corrected chi connectivity index (χ2v) is 2.42. The summed E-state index contributed by atoms with van der Waals surface area (Å²) in [6.07, 6.45) is 1.97. The molecule has 0 aromatic rings. The maximum atomic E-state index is 10.5. The zero-order chi connectivity index (χ0) is 10.1. The Hall–Kier alpha value is -1.27. The molecule has 3 nitrogen and oxygen atoms in total. The molecule has 72 valence electrons. The van der Waals surface area contributed by atoms with E-state index >= 15 is 0 Å². The Morgan fingerprint density at radius 3 is 2.77 bits per heavy atom. The monoisotopic (exact) mass is 182 g/mol. The maximum Gasteiger partial charge on any atom is 0.384 e. The van der Waals surface area contributed by atoms with E-state index in [2.05, 4.69) is 16.6 Å². The summed E-state index contributed by atoms with van der Waals surface area (Å²) in [6, 6.07) is 0. The van der Waals surface area contributed by atoms with E-state index in [9.17, 15) is 4.79 Å². The molecule has 0 unspecified atom stereocenters. The van der Waals surface area contributed by atoms with E-state index in [1.165, 1.54) is 7.11 Å². The van der Waals surface area contributed by atoms with Gasteiger partial charge in [0.25, 0.3) is 0 Å². The van der Waals surface area contributed by atoms with Gasteiger partial charge < -0.3 is 9.47 Å². The fraction of sp³-hybridized carbons (Fsp3) is 0.500. The first kappa shape index (κ1) is 11.7. The molecular formula is C10H14O3. The highest BCUT2D eigenvalue weighted by atomic mass is 16.5. The minimum Gasteiger partial charge on any atom is -0.459 e. The maximum absolute atomic E-state index is 10.5. The number of allylic oxidation sites excluding steroid dienone is 1. The summed E-state index contributed by atoms with van der Waals surface area (Å²) in [6.45, 7) is 4.71. The molecule has 13 heavy (non-hydrogen) atoms. The Morgan fingerprint density at radius 2 is 2.23 bits per heavy atom. The van der Waals surface area contributed by atoms with Crippen LogP contribution in [-0.4, -0.2) is 26.3 Å². The van der Waals surface area contributed by atoms with Crippen molar-refractivity contribution < 1.29 is 14.3 Å². The lowest BCUT2D eigenvalue weighted by molar-refractivity contribution is -0.133. The van der Waals surface area contributed by atoms with E-state index in [1.807, 2.05) is 19.9 Å². The average Bonchev–Trinajstić information content (AvgIpc) is 2.16. The first-order valence-electron chi connectivity index (χ1n) is 3.97. The fourth-order valence-corrected chi connectivity index (χ4v) is 0.506. The molecule has 0 spiro atoms. The first-order chi connectivity index (χ1) is 6.20. The molecule has 0 saturated carbocycles. The predicted octanol–water partition coefficient (Wildman–Crippen LogP) is 1.15. The van der Waals surface area contributed by atoms with Crippen molar-refractivity contribution in [1.82, 2.24) is 0 Å². The number of methoxy groups -OCH3 is 1. The molecule has 0 saturated heterocycles. The van der Waals surface area contributed by atoms with Gasteiger partial charge >= 0.3 is 5.97 Å². The van der Waals surface area contributed by atoms with Gasteiger partial charge in [0.05, 0.1) is 13.7 Å². The van der Waals surface area contributed by atoms with Crippen LogP contribution >= 0.6 is 0 Å². The molecular weight excluding hydrogens is 168 g/mol. The number of carbonyl (C=O) groups excluding carboxylic acids is 1. The number of rotatable bonds is 3. The van der Waals surface area contributed by atoms with Crippen LogP contribution in [0.4, 0.5) is 0 Å². The molecule has 0 bridgehead atoms. The van der Waals surface area contributed by atoms with E-state index < -0.39 is 5.97 Å². The van der Waals surface area contributed by atoms with Gasteiger partial charge in [-0.1, -0.05) is 17.6 Å². The van der Waals surface area contributed by atoms with Crippen molar-refractivity contribution in [2.75, 3.05) is 20.3 Å². The second kappa shape index (κ2) is 7.38. The van der Waals surface area contributed by atoms with E-state index in [4.69, 9.17) is 4.74 Å². The minimum atomic E-state index is -0.536. The number of esters is 1. The Kier molecular flexibility index (Phi) is 6.66. The molecule has 0 aliphatic heterocycles. The molecule has 0 amide bonds. The zero-order valence-corrected chi connectivity index (χ0v) is 8.22. The molecule has 0 aromatic heterocycles. The third-order valence-electron chi connectivity index (χ3n) is 1.37. The number of carbonyl (C=O) groups is 1. The van der Waals surface area contributed by atoms with Crippen LogP contribution in [0.5, 0.6) is 0 Å². The summed E-state index contributed by atoms with van der Waals surface area (Å²) >= 11 is 0. The Morgan fingerprint density at radius 1 is 1.54 bits per heavy atom. The van der Waals surface area contributed by atoms with E-state index in [0.29, 0.717) is 6.61 Å². The summed E-state index contributed by atoms with van der Waals surface area (Å²) in [5.41, 5.74) is 1.14. The molecule has 0 heterocycles. The minimum absolute atomic E-state index is 0.250. The lowest BCUT2D eigenvalue weighted by Crippen LogP contribution is -1.98. The van der Waals surface area contributed by atoms with Crippen LogP contribution in [0.15, 0.2) is 11.6 Å². The topological polar surface area (TPSA) is 35.5 Å². The van der Waals surface area contributed by atoms with Crippen LogP contribution in [0.2, 0.25) is 0 Å². The van der Waals surface area contributed by atoms with Crippen molar-refractivity contribution in [3.63, 3.8) is 0 Å². The van der Waals surface area contributed by atoms with Crippen LogP contribution in [0.1, 0.15) is 13.8 Å². The van der Waals surface area contributed by atoms with E-state index in [-0.39, 0.29) is 6.61 Å². The average molecular weight is 182 g/mol. The SMILES string of the molecule is CC=C(C)COCC#CC(=O)OC. The van der Waals surface area contributed by atoms with Gasteiger partial charge in [0.15, 0.2) is 0 Å². The highest BCUT2D eigenvalue weighted by Gasteiger charge is 1.89. The normalized spacial score (nSPS) is 10.2.